The molecule has 1 unspecified atom stereocenters. The summed E-state index contributed by atoms with van der Waals surface area (Å²) in [5.41, 5.74) is 1.07. The van der Waals surface area contributed by atoms with Gasteiger partial charge in [0.25, 0.3) is 0 Å². The second-order valence-electron chi connectivity index (χ2n) is 4.80. The molecule has 0 saturated carbocycles. The first kappa shape index (κ1) is 13.0. The van der Waals surface area contributed by atoms with Gasteiger partial charge in [-0.25, -0.2) is 4.39 Å². The summed E-state index contributed by atoms with van der Waals surface area (Å²) in [6.45, 7) is 2.47. The number of carboxylic acid groups (broad SMARTS) is 1. The summed E-state index contributed by atoms with van der Waals surface area (Å²) in [7, 11) is 0. The molecule has 0 spiro atoms. The van der Waals surface area contributed by atoms with Gasteiger partial charge in [-0.3, -0.25) is 9.69 Å². The van der Waals surface area contributed by atoms with Crippen LogP contribution in [0.5, 0.6) is 0 Å². The second kappa shape index (κ2) is 5.48. The molecule has 4 heteroatoms. The monoisotopic (exact) mass is 251 g/mol. The number of likely N-dealkylation sites (tertiary alicyclic amines) is 1. The van der Waals surface area contributed by atoms with E-state index in [1.165, 1.54) is 0 Å². The lowest BCUT2D eigenvalue weighted by atomic mass is 9.96. The smallest absolute Gasteiger partial charge is 0.321 e. The lowest BCUT2D eigenvalue weighted by Gasteiger charge is -2.38. The summed E-state index contributed by atoms with van der Waals surface area (Å²) >= 11 is 0. The van der Waals surface area contributed by atoms with Crippen LogP contribution in [0.3, 0.4) is 0 Å². The molecule has 1 saturated heterocycles. The van der Waals surface area contributed by atoms with Crippen LogP contribution in [0.25, 0.3) is 0 Å². The average molecular weight is 251 g/mol. The number of piperidine rings is 1. The van der Waals surface area contributed by atoms with E-state index in [-0.39, 0.29) is 12.5 Å². The Kier molecular flexibility index (Phi) is 3.97. The van der Waals surface area contributed by atoms with E-state index in [9.17, 15) is 14.3 Å². The Bertz CT molecular complexity index is 410. The summed E-state index contributed by atoms with van der Waals surface area (Å²) in [5, 5.41) is 9.21. The van der Waals surface area contributed by atoms with Gasteiger partial charge in [-0.2, -0.15) is 0 Å². The predicted octanol–water partition coefficient (Wildman–Crippen LogP) is 2.63. The van der Waals surface area contributed by atoms with E-state index in [4.69, 9.17) is 0 Å². The molecule has 1 aromatic carbocycles. The molecular formula is C14H18FNO2. The van der Waals surface area contributed by atoms with Crippen LogP contribution < -0.4 is 0 Å². The lowest BCUT2D eigenvalue weighted by molar-refractivity contribution is -0.147. The van der Waals surface area contributed by atoms with Crippen LogP contribution in [-0.2, 0) is 4.79 Å². The molecule has 1 fully saturated rings. The first-order valence-electron chi connectivity index (χ1n) is 6.27. The molecule has 0 amide bonds. The molecule has 0 aromatic heterocycles. The Morgan fingerprint density at radius 2 is 2.11 bits per heavy atom. The highest BCUT2D eigenvalue weighted by Gasteiger charge is 2.36. The van der Waals surface area contributed by atoms with Gasteiger partial charge < -0.3 is 5.11 Å². The standard InChI is InChI=1S/C14H18FNO2/c1-10(11-5-3-2-4-6-11)16-8-7-12(15)9-13(16)14(17)18/h2-6,10,12-13H,7-9H2,1H3,(H,17,18)/t10?,12-,13-/m0/s1. The number of carbonyl (C=O) groups is 1. The van der Waals surface area contributed by atoms with E-state index >= 15 is 0 Å². The number of aliphatic carboxylic acids is 1. The van der Waals surface area contributed by atoms with Crippen LogP contribution in [0.15, 0.2) is 30.3 Å². The summed E-state index contributed by atoms with van der Waals surface area (Å²) in [6.07, 6.45) is -0.488. The Balaban J connectivity index is 2.17. The molecule has 1 N–H and O–H groups in total. The molecule has 3 atom stereocenters. The molecule has 0 radical (unpaired) electrons. The van der Waals surface area contributed by atoms with Gasteiger partial charge in [0.05, 0.1) is 0 Å². The number of halogens is 1. The number of hydrogen-bond donors (Lipinski definition) is 1. The van der Waals surface area contributed by atoms with E-state index in [1.807, 2.05) is 42.2 Å². The predicted molar refractivity (Wildman–Crippen MR) is 67.1 cm³/mol. The molecule has 0 bridgehead atoms. The SMILES string of the molecule is CC(c1ccccc1)N1CC[C@H](F)C[C@H]1C(=O)O. The third-order valence-corrected chi connectivity index (χ3v) is 3.64. The lowest BCUT2D eigenvalue weighted by Crippen LogP contribution is -2.48. The van der Waals surface area contributed by atoms with Gasteiger partial charge in [-0.15, -0.1) is 0 Å². The highest BCUT2D eigenvalue weighted by Crippen LogP contribution is 2.29. The molecule has 1 aliphatic heterocycles. The van der Waals surface area contributed by atoms with E-state index < -0.39 is 18.2 Å². The van der Waals surface area contributed by atoms with Gasteiger partial charge in [-0.05, 0) is 18.9 Å². The van der Waals surface area contributed by atoms with Crippen molar-refractivity contribution in [1.29, 1.82) is 0 Å². The maximum Gasteiger partial charge on any atom is 0.321 e. The number of benzene rings is 1. The third-order valence-electron chi connectivity index (χ3n) is 3.64. The van der Waals surface area contributed by atoms with Crippen LogP contribution >= 0.6 is 0 Å². The molecule has 1 heterocycles. The maximum atomic E-state index is 13.3. The molecule has 18 heavy (non-hydrogen) atoms. The van der Waals surface area contributed by atoms with Gasteiger partial charge >= 0.3 is 5.97 Å². The quantitative estimate of drug-likeness (QED) is 0.897. The molecule has 1 aromatic rings. The van der Waals surface area contributed by atoms with Crippen molar-refractivity contribution in [2.75, 3.05) is 6.54 Å². The van der Waals surface area contributed by atoms with E-state index in [0.29, 0.717) is 13.0 Å². The van der Waals surface area contributed by atoms with E-state index in [0.717, 1.165) is 5.56 Å². The molecule has 3 nitrogen and oxygen atoms in total. The second-order valence-corrected chi connectivity index (χ2v) is 4.80. The zero-order valence-electron chi connectivity index (χ0n) is 10.4. The topological polar surface area (TPSA) is 40.5 Å². The fourth-order valence-corrected chi connectivity index (χ4v) is 2.57. The largest absolute Gasteiger partial charge is 0.480 e. The third kappa shape index (κ3) is 2.70. The Morgan fingerprint density at radius 1 is 1.44 bits per heavy atom. The van der Waals surface area contributed by atoms with Crippen molar-refractivity contribution in [3.05, 3.63) is 35.9 Å². The molecular weight excluding hydrogens is 233 g/mol. The first-order valence-corrected chi connectivity index (χ1v) is 6.27. The molecule has 1 aliphatic rings. The van der Waals surface area contributed by atoms with E-state index in [2.05, 4.69) is 0 Å². The summed E-state index contributed by atoms with van der Waals surface area (Å²) in [4.78, 5) is 13.1. The van der Waals surface area contributed by atoms with Gasteiger partial charge in [0, 0.05) is 19.0 Å². The minimum atomic E-state index is -0.995. The minimum Gasteiger partial charge on any atom is -0.480 e. The highest BCUT2D eigenvalue weighted by molar-refractivity contribution is 5.73. The van der Waals surface area contributed by atoms with Crippen LogP contribution in [0, 0.1) is 0 Å². The van der Waals surface area contributed by atoms with Crippen LogP contribution in [0.1, 0.15) is 31.4 Å². The Morgan fingerprint density at radius 3 is 2.72 bits per heavy atom. The van der Waals surface area contributed by atoms with Crippen LogP contribution in [0.2, 0.25) is 0 Å². The van der Waals surface area contributed by atoms with Crippen molar-refractivity contribution in [3.63, 3.8) is 0 Å². The fraction of sp³-hybridized carbons (Fsp3) is 0.500. The van der Waals surface area contributed by atoms with Crippen LogP contribution in [0.4, 0.5) is 4.39 Å². The summed E-state index contributed by atoms with van der Waals surface area (Å²) < 4.78 is 13.3. The maximum absolute atomic E-state index is 13.3. The van der Waals surface area contributed by atoms with Crippen molar-refractivity contribution in [2.45, 2.75) is 38.0 Å². The first-order chi connectivity index (χ1) is 8.59. The fourth-order valence-electron chi connectivity index (χ4n) is 2.57. The summed E-state index contributed by atoms with van der Waals surface area (Å²) in [5.74, 6) is -0.930. The molecule has 2 rings (SSSR count). The Hall–Kier alpha value is -1.42. The number of nitrogens with zero attached hydrogens (tertiary/aromatic N) is 1. The van der Waals surface area contributed by atoms with Gasteiger partial charge in [0.1, 0.15) is 12.2 Å². The van der Waals surface area contributed by atoms with Gasteiger partial charge in [0.15, 0.2) is 0 Å². The minimum absolute atomic E-state index is 0.000185. The molecule has 0 aliphatic carbocycles. The summed E-state index contributed by atoms with van der Waals surface area (Å²) in [6, 6.07) is 9.03. The van der Waals surface area contributed by atoms with Crippen molar-refractivity contribution >= 4 is 5.97 Å². The zero-order chi connectivity index (χ0) is 13.1. The zero-order valence-corrected chi connectivity index (χ0v) is 10.4. The van der Waals surface area contributed by atoms with Crippen molar-refractivity contribution in [2.24, 2.45) is 0 Å². The van der Waals surface area contributed by atoms with Crippen molar-refractivity contribution < 1.29 is 14.3 Å². The van der Waals surface area contributed by atoms with Gasteiger partial charge in [0.2, 0.25) is 0 Å². The average Bonchev–Trinajstić information content (AvgIpc) is 2.39. The normalized spacial score (nSPS) is 26.8. The van der Waals surface area contributed by atoms with Crippen molar-refractivity contribution in [3.8, 4) is 0 Å². The molecule has 98 valence electrons. The number of hydrogen-bond acceptors (Lipinski definition) is 2. The van der Waals surface area contributed by atoms with Crippen LogP contribution in [-0.4, -0.2) is 34.7 Å². The van der Waals surface area contributed by atoms with Crippen molar-refractivity contribution in [1.82, 2.24) is 4.90 Å². The van der Waals surface area contributed by atoms with Gasteiger partial charge in [-0.1, -0.05) is 30.3 Å². The number of rotatable bonds is 3. The highest BCUT2D eigenvalue weighted by atomic mass is 19.1. The number of carboxylic acids is 1. The van der Waals surface area contributed by atoms with E-state index in [1.54, 1.807) is 0 Å². The Labute approximate surface area is 106 Å². The number of alkyl halides is 1.